The number of hydrogen-bond acceptors (Lipinski definition) is 6. The number of piperidine rings is 1. The van der Waals surface area contributed by atoms with E-state index in [2.05, 4.69) is 20.6 Å². The van der Waals surface area contributed by atoms with Gasteiger partial charge in [0.2, 0.25) is 0 Å². The second-order valence-corrected chi connectivity index (χ2v) is 6.73. The van der Waals surface area contributed by atoms with E-state index in [0.29, 0.717) is 23.7 Å². The van der Waals surface area contributed by atoms with Gasteiger partial charge in [-0.1, -0.05) is 0 Å². The minimum Gasteiger partial charge on any atom is -0.373 e. The van der Waals surface area contributed by atoms with Crippen LogP contribution in [0.1, 0.15) is 42.5 Å². The molecule has 0 radical (unpaired) electrons. The summed E-state index contributed by atoms with van der Waals surface area (Å²) in [7, 11) is 1.86. The number of rotatable bonds is 1. The van der Waals surface area contributed by atoms with Crippen molar-refractivity contribution in [2.45, 2.75) is 38.1 Å². The van der Waals surface area contributed by atoms with Crippen LogP contribution >= 0.6 is 0 Å². The van der Waals surface area contributed by atoms with E-state index >= 15 is 0 Å². The van der Waals surface area contributed by atoms with Crippen LogP contribution in [0.4, 0.5) is 11.6 Å². The Morgan fingerprint density at radius 3 is 3.04 bits per heavy atom. The number of carbonyl (C=O) groups excluding carboxylic acids is 1. The molecule has 2 atom stereocenters. The van der Waals surface area contributed by atoms with Crippen LogP contribution in [0.5, 0.6) is 0 Å². The number of ketones is 1. The number of hydrogen-bond donors (Lipinski definition) is 2. The molecule has 7 heteroatoms. The highest BCUT2D eigenvalue weighted by Crippen LogP contribution is 2.23. The lowest BCUT2D eigenvalue weighted by Gasteiger charge is -2.33. The molecule has 2 unspecified atom stereocenters. The van der Waals surface area contributed by atoms with Crippen LogP contribution in [0.15, 0.2) is 12.3 Å². The topological polar surface area (TPSA) is 74.6 Å². The molecule has 2 aromatic rings. The van der Waals surface area contributed by atoms with Crippen LogP contribution < -0.4 is 10.6 Å². The normalized spacial score (nSPS) is 24.8. The van der Waals surface area contributed by atoms with Crippen LogP contribution in [-0.4, -0.2) is 58.0 Å². The largest absolute Gasteiger partial charge is 0.373 e. The summed E-state index contributed by atoms with van der Waals surface area (Å²) < 4.78 is 1.71. The molecule has 0 spiro atoms. The number of anilines is 2. The Bertz CT molecular complexity index is 755. The molecule has 4 bridgehead atoms. The minimum atomic E-state index is 0.133. The Balaban J connectivity index is 1.77. The number of nitrogens with zero attached hydrogens (tertiary/aromatic N) is 4. The summed E-state index contributed by atoms with van der Waals surface area (Å²) in [6, 6.07) is 2.37. The third-order valence-corrected chi connectivity index (χ3v) is 5.01. The standard InChI is InChI=1S/C17H24N6O/c1-18-16-9-15-20-12-5-4-8-22(11-12)7-3-2-6-14(24)13-10-19-23(16)17(13)21-15/h9-10,12,18H,2-8,11H2,1H3,(H,20,21). The molecular weight excluding hydrogens is 304 g/mol. The third kappa shape index (κ3) is 2.84. The van der Waals surface area contributed by atoms with E-state index in [1.807, 2.05) is 13.1 Å². The average molecular weight is 328 g/mol. The van der Waals surface area contributed by atoms with Crippen LogP contribution in [0.25, 0.3) is 5.65 Å². The molecule has 2 aliphatic heterocycles. The zero-order valence-corrected chi connectivity index (χ0v) is 14.1. The molecular formula is C17H24N6O. The third-order valence-electron chi connectivity index (χ3n) is 5.01. The van der Waals surface area contributed by atoms with Gasteiger partial charge in [-0.05, 0) is 38.8 Å². The fraction of sp³-hybridized carbons (Fsp3) is 0.588. The highest BCUT2D eigenvalue weighted by atomic mass is 16.1. The van der Waals surface area contributed by atoms with E-state index in [9.17, 15) is 4.79 Å². The number of carbonyl (C=O) groups is 1. The molecule has 4 heterocycles. The predicted molar refractivity (Wildman–Crippen MR) is 93.8 cm³/mol. The molecule has 0 amide bonds. The highest BCUT2D eigenvalue weighted by Gasteiger charge is 2.22. The number of Topliss-reactive ketones (excluding diaryl/α,β-unsaturated/α-hetero) is 1. The second kappa shape index (κ2) is 6.39. The van der Waals surface area contributed by atoms with Crippen LogP contribution in [0, 0.1) is 0 Å². The molecule has 7 nitrogen and oxygen atoms in total. The van der Waals surface area contributed by atoms with Crippen molar-refractivity contribution in [1.82, 2.24) is 19.5 Å². The molecule has 24 heavy (non-hydrogen) atoms. The van der Waals surface area contributed by atoms with Crippen molar-refractivity contribution < 1.29 is 4.79 Å². The van der Waals surface area contributed by atoms with Crippen molar-refractivity contribution in [3.8, 4) is 0 Å². The van der Waals surface area contributed by atoms with Gasteiger partial charge >= 0.3 is 0 Å². The predicted octanol–water partition coefficient (Wildman–Crippen LogP) is 2.01. The van der Waals surface area contributed by atoms with Gasteiger partial charge in [-0.25, -0.2) is 4.98 Å². The lowest BCUT2D eigenvalue weighted by molar-refractivity contribution is 0.0978. The Labute approximate surface area is 141 Å². The van der Waals surface area contributed by atoms with E-state index in [1.54, 1.807) is 10.7 Å². The van der Waals surface area contributed by atoms with Crippen LogP contribution in [0.3, 0.4) is 0 Å². The first-order chi connectivity index (χ1) is 11.7. The molecule has 2 aromatic heterocycles. The van der Waals surface area contributed by atoms with E-state index in [-0.39, 0.29) is 5.78 Å². The molecule has 0 saturated carbocycles. The monoisotopic (exact) mass is 328 g/mol. The van der Waals surface area contributed by atoms with Crippen LogP contribution in [-0.2, 0) is 0 Å². The second-order valence-electron chi connectivity index (χ2n) is 6.73. The summed E-state index contributed by atoms with van der Waals surface area (Å²) in [4.78, 5) is 19.8. The average Bonchev–Trinajstić information content (AvgIpc) is 3.01. The molecule has 0 aliphatic carbocycles. The molecule has 4 rings (SSSR count). The summed E-state index contributed by atoms with van der Waals surface area (Å²) in [5, 5.41) is 11.1. The van der Waals surface area contributed by atoms with Gasteiger partial charge in [0.1, 0.15) is 11.6 Å². The fourth-order valence-corrected chi connectivity index (χ4v) is 3.75. The lowest BCUT2D eigenvalue weighted by atomic mass is 10.0. The van der Waals surface area contributed by atoms with E-state index < -0.39 is 0 Å². The maximum atomic E-state index is 12.6. The van der Waals surface area contributed by atoms with Crippen molar-refractivity contribution in [2.24, 2.45) is 0 Å². The van der Waals surface area contributed by atoms with Crippen molar-refractivity contribution in [1.29, 1.82) is 0 Å². The van der Waals surface area contributed by atoms with E-state index in [4.69, 9.17) is 4.98 Å². The summed E-state index contributed by atoms with van der Waals surface area (Å²) in [5.41, 5.74) is 1.26. The number of nitrogens with one attached hydrogen (secondary N) is 2. The molecule has 0 aromatic carbocycles. The zero-order chi connectivity index (χ0) is 16.5. The van der Waals surface area contributed by atoms with Crippen molar-refractivity contribution >= 4 is 23.1 Å². The highest BCUT2D eigenvalue weighted by molar-refractivity contribution is 6.01. The quantitative estimate of drug-likeness (QED) is 0.834. The lowest BCUT2D eigenvalue weighted by Crippen LogP contribution is -2.42. The first-order valence-corrected chi connectivity index (χ1v) is 8.83. The fourth-order valence-electron chi connectivity index (χ4n) is 3.75. The van der Waals surface area contributed by atoms with Crippen molar-refractivity contribution in [3.05, 3.63) is 17.8 Å². The van der Waals surface area contributed by atoms with Gasteiger partial charge in [0.25, 0.3) is 0 Å². The minimum absolute atomic E-state index is 0.133. The van der Waals surface area contributed by atoms with Gasteiger partial charge in [0, 0.05) is 32.1 Å². The maximum Gasteiger partial charge on any atom is 0.170 e. The van der Waals surface area contributed by atoms with Gasteiger partial charge in [0.15, 0.2) is 11.4 Å². The first kappa shape index (κ1) is 15.4. The summed E-state index contributed by atoms with van der Waals surface area (Å²) >= 11 is 0. The zero-order valence-electron chi connectivity index (χ0n) is 14.1. The molecule has 2 N–H and O–H groups in total. The molecule has 1 saturated heterocycles. The Morgan fingerprint density at radius 1 is 1.29 bits per heavy atom. The number of aromatic nitrogens is 3. The smallest absolute Gasteiger partial charge is 0.170 e. The van der Waals surface area contributed by atoms with Crippen LogP contribution in [0.2, 0.25) is 0 Å². The molecule has 128 valence electrons. The van der Waals surface area contributed by atoms with Gasteiger partial charge < -0.3 is 15.5 Å². The Hall–Kier alpha value is -2.15. The maximum absolute atomic E-state index is 12.6. The van der Waals surface area contributed by atoms with Gasteiger partial charge in [0.05, 0.1) is 11.8 Å². The van der Waals surface area contributed by atoms with Crippen molar-refractivity contribution in [2.75, 3.05) is 37.3 Å². The van der Waals surface area contributed by atoms with Gasteiger partial charge in [-0.3, -0.25) is 4.79 Å². The Morgan fingerprint density at radius 2 is 2.17 bits per heavy atom. The summed E-state index contributed by atoms with van der Waals surface area (Å²) in [6.45, 7) is 3.27. The van der Waals surface area contributed by atoms with Gasteiger partial charge in [-0.2, -0.15) is 9.61 Å². The van der Waals surface area contributed by atoms with Crippen molar-refractivity contribution in [3.63, 3.8) is 0 Å². The molecule has 1 fully saturated rings. The van der Waals surface area contributed by atoms with E-state index in [1.165, 1.54) is 6.42 Å². The molecule has 2 aliphatic rings. The first-order valence-electron chi connectivity index (χ1n) is 8.83. The number of fused-ring (bicyclic) bond motifs is 3. The SMILES string of the molecule is CNc1cc2nc3c(cnn13)C(=O)CCCCN1CCCC(C1)N2. The van der Waals surface area contributed by atoms with Gasteiger partial charge in [-0.15, -0.1) is 0 Å². The Kier molecular flexibility index (Phi) is 4.10. The summed E-state index contributed by atoms with van der Waals surface area (Å²) in [6.07, 6.45) is 6.56. The summed E-state index contributed by atoms with van der Waals surface area (Å²) in [5.74, 6) is 1.78. The van der Waals surface area contributed by atoms with E-state index in [0.717, 1.165) is 50.5 Å².